The number of piperazine rings is 1. The fourth-order valence-electron chi connectivity index (χ4n) is 3.88. The highest BCUT2D eigenvalue weighted by Crippen LogP contribution is 2.31. The third-order valence-corrected chi connectivity index (χ3v) is 7.93. The minimum absolute atomic E-state index is 0.0538. The van der Waals surface area contributed by atoms with Crippen molar-refractivity contribution in [2.24, 2.45) is 0 Å². The van der Waals surface area contributed by atoms with Gasteiger partial charge in [0.15, 0.2) is 11.5 Å². The van der Waals surface area contributed by atoms with E-state index >= 15 is 0 Å². The van der Waals surface area contributed by atoms with Crippen molar-refractivity contribution >= 4 is 15.9 Å². The van der Waals surface area contributed by atoms with Crippen LogP contribution in [0.25, 0.3) is 0 Å². The molecule has 33 heavy (non-hydrogen) atoms. The van der Waals surface area contributed by atoms with Crippen molar-refractivity contribution in [3.63, 3.8) is 0 Å². The van der Waals surface area contributed by atoms with Gasteiger partial charge in [-0.05, 0) is 35.1 Å². The Balaban J connectivity index is 1.56. The molecule has 1 amide bonds. The van der Waals surface area contributed by atoms with E-state index in [1.165, 1.54) is 36.2 Å². The summed E-state index contributed by atoms with van der Waals surface area (Å²) in [5.41, 5.74) is 2.50. The second-order valence-corrected chi connectivity index (χ2v) is 11.2. The molecule has 0 saturated carbocycles. The lowest BCUT2D eigenvalue weighted by molar-refractivity contribution is -0.132. The number of carbonyl (C=O) groups is 1. The smallest absolute Gasteiger partial charge is 0.243 e. The van der Waals surface area contributed by atoms with Gasteiger partial charge in [-0.3, -0.25) is 4.79 Å². The van der Waals surface area contributed by atoms with Crippen LogP contribution in [0.15, 0.2) is 47.4 Å². The Morgan fingerprint density at radius 2 is 1.52 bits per heavy atom. The van der Waals surface area contributed by atoms with Crippen molar-refractivity contribution in [1.82, 2.24) is 9.21 Å². The summed E-state index contributed by atoms with van der Waals surface area (Å²) in [5.74, 6) is 0.890. The predicted octanol–water partition coefficient (Wildman–Crippen LogP) is 3.47. The van der Waals surface area contributed by atoms with Crippen molar-refractivity contribution in [2.45, 2.75) is 43.9 Å². The van der Waals surface area contributed by atoms with E-state index in [2.05, 4.69) is 45.0 Å². The zero-order valence-corrected chi connectivity index (χ0v) is 20.9. The number of nitrogens with zero attached hydrogens (tertiary/aromatic N) is 2. The fourth-order valence-corrected chi connectivity index (χ4v) is 5.32. The molecule has 1 aliphatic heterocycles. The Hall–Kier alpha value is -2.58. The third-order valence-electron chi connectivity index (χ3n) is 6.03. The highest BCUT2D eigenvalue weighted by molar-refractivity contribution is 7.89. The molecule has 1 heterocycles. The number of rotatable bonds is 7. The maximum Gasteiger partial charge on any atom is 0.243 e. The Labute approximate surface area is 197 Å². The molecule has 0 spiro atoms. The topological polar surface area (TPSA) is 76.2 Å². The number of carbonyl (C=O) groups excluding carboxylic acids is 1. The van der Waals surface area contributed by atoms with Crippen molar-refractivity contribution in [1.29, 1.82) is 0 Å². The van der Waals surface area contributed by atoms with Crippen molar-refractivity contribution in [3.05, 3.63) is 53.6 Å². The first-order valence-corrected chi connectivity index (χ1v) is 12.6. The van der Waals surface area contributed by atoms with E-state index in [-0.39, 0.29) is 29.3 Å². The van der Waals surface area contributed by atoms with Crippen molar-refractivity contribution in [3.8, 4) is 11.5 Å². The lowest BCUT2D eigenvalue weighted by Crippen LogP contribution is -2.50. The molecule has 0 aromatic heterocycles. The van der Waals surface area contributed by atoms with Gasteiger partial charge in [-0.2, -0.15) is 4.31 Å². The van der Waals surface area contributed by atoms with Crippen LogP contribution in [-0.4, -0.2) is 63.9 Å². The van der Waals surface area contributed by atoms with Gasteiger partial charge in [0.1, 0.15) is 0 Å². The minimum Gasteiger partial charge on any atom is -0.493 e. The predicted molar refractivity (Wildman–Crippen MR) is 128 cm³/mol. The summed E-state index contributed by atoms with van der Waals surface area (Å²) >= 11 is 0. The van der Waals surface area contributed by atoms with E-state index in [0.717, 1.165) is 5.56 Å². The van der Waals surface area contributed by atoms with Gasteiger partial charge in [0.05, 0.1) is 19.1 Å². The molecule has 1 fully saturated rings. The van der Waals surface area contributed by atoms with Crippen LogP contribution in [0.1, 0.15) is 38.3 Å². The van der Waals surface area contributed by atoms with Crippen LogP contribution in [0.2, 0.25) is 0 Å². The van der Waals surface area contributed by atoms with Crippen molar-refractivity contribution < 1.29 is 22.7 Å². The van der Waals surface area contributed by atoms with E-state index in [9.17, 15) is 13.2 Å². The molecule has 0 N–H and O–H groups in total. The molecule has 2 aromatic carbocycles. The van der Waals surface area contributed by atoms with Gasteiger partial charge < -0.3 is 14.4 Å². The SMILES string of the molecule is COc1ccc(S(=O)(=O)N2CCN(C(=O)CCc3ccc(C(C)(C)C)cc3)CC2)cc1OC. The maximum absolute atomic E-state index is 13.1. The highest BCUT2D eigenvalue weighted by Gasteiger charge is 2.30. The normalized spacial score (nSPS) is 15.4. The summed E-state index contributed by atoms with van der Waals surface area (Å²) in [6.07, 6.45) is 1.09. The molecule has 1 aliphatic rings. The van der Waals surface area contributed by atoms with Crippen LogP contribution in [0.5, 0.6) is 11.5 Å². The first-order valence-electron chi connectivity index (χ1n) is 11.2. The van der Waals surface area contributed by atoms with Crippen LogP contribution in [-0.2, 0) is 26.7 Å². The standard InChI is InChI=1S/C25H34N2O5S/c1-25(2,3)20-9-6-19(7-10-20)8-13-24(28)26-14-16-27(17-15-26)33(29,30)21-11-12-22(31-4)23(18-21)32-5/h6-7,9-12,18H,8,13-17H2,1-5H3. The first-order chi connectivity index (χ1) is 15.6. The summed E-state index contributed by atoms with van der Waals surface area (Å²) in [4.78, 5) is 14.6. The molecule has 1 saturated heterocycles. The zero-order valence-electron chi connectivity index (χ0n) is 20.1. The maximum atomic E-state index is 13.1. The van der Waals surface area contributed by atoms with Crippen LogP contribution in [0.3, 0.4) is 0 Å². The number of methoxy groups -OCH3 is 2. The number of ether oxygens (including phenoxy) is 2. The van der Waals surface area contributed by atoms with Gasteiger partial charge in [-0.25, -0.2) is 8.42 Å². The average Bonchev–Trinajstić information content (AvgIpc) is 2.81. The molecule has 0 unspecified atom stereocenters. The number of sulfonamides is 1. The lowest BCUT2D eigenvalue weighted by atomic mass is 9.86. The molecule has 0 radical (unpaired) electrons. The van der Waals surface area contributed by atoms with E-state index in [1.807, 2.05) is 0 Å². The number of hydrogen-bond donors (Lipinski definition) is 0. The molecule has 180 valence electrons. The van der Waals surface area contributed by atoms with E-state index < -0.39 is 10.0 Å². The molecular weight excluding hydrogens is 440 g/mol. The Morgan fingerprint density at radius 1 is 0.909 bits per heavy atom. The van der Waals surface area contributed by atoms with Gasteiger partial charge in [-0.1, -0.05) is 45.0 Å². The average molecular weight is 475 g/mol. The van der Waals surface area contributed by atoms with Crippen LogP contribution in [0, 0.1) is 0 Å². The monoisotopic (exact) mass is 474 g/mol. The molecule has 0 atom stereocenters. The quantitative estimate of drug-likeness (QED) is 0.614. The minimum atomic E-state index is -3.68. The van der Waals surface area contributed by atoms with Gasteiger partial charge in [0.25, 0.3) is 0 Å². The van der Waals surface area contributed by atoms with E-state index in [0.29, 0.717) is 37.4 Å². The molecule has 0 aliphatic carbocycles. The second kappa shape index (κ2) is 10.1. The number of amides is 1. The number of hydrogen-bond acceptors (Lipinski definition) is 5. The summed E-state index contributed by atoms with van der Waals surface area (Å²) in [5, 5.41) is 0. The fraction of sp³-hybridized carbons (Fsp3) is 0.480. The Kier molecular flexibility index (Phi) is 7.69. The van der Waals surface area contributed by atoms with Gasteiger partial charge in [0.2, 0.25) is 15.9 Å². The lowest BCUT2D eigenvalue weighted by Gasteiger charge is -2.34. The van der Waals surface area contributed by atoms with Gasteiger partial charge in [-0.15, -0.1) is 0 Å². The second-order valence-electron chi connectivity index (χ2n) is 9.25. The molecule has 8 heteroatoms. The number of benzene rings is 2. The Morgan fingerprint density at radius 3 is 2.06 bits per heavy atom. The van der Waals surface area contributed by atoms with Crippen molar-refractivity contribution in [2.75, 3.05) is 40.4 Å². The third kappa shape index (κ3) is 5.86. The van der Waals surface area contributed by atoms with Gasteiger partial charge >= 0.3 is 0 Å². The number of aryl methyl sites for hydroxylation is 1. The molecule has 2 aromatic rings. The highest BCUT2D eigenvalue weighted by atomic mass is 32.2. The molecular formula is C25H34N2O5S. The summed E-state index contributed by atoms with van der Waals surface area (Å²) in [7, 11) is -0.707. The molecule has 3 rings (SSSR count). The first kappa shape index (κ1) is 25.1. The van der Waals surface area contributed by atoms with Gasteiger partial charge in [0, 0.05) is 38.7 Å². The van der Waals surface area contributed by atoms with E-state index in [4.69, 9.17) is 9.47 Å². The van der Waals surface area contributed by atoms with E-state index in [1.54, 1.807) is 11.0 Å². The van der Waals surface area contributed by atoms with Crippen LogP contribution >= 0.6 is 0 Å². The summed E-state index contributed by atoms with van der Waals surface area (Å²) in [6.45, 7) is 7.83. The largest absolute Gasteiger partial charge is 0.493 e. The Bertz CT molecular complexity index is 1070. The molecule has 0 bridgehead atoms. The summed E-state index contributed by atoms with van der Waals surface area (Å²) in [6, 6.07) is 13.0. The van der Waals surface area contributed by atoms with Crippen LogP contribution in [0.4, 0.5) is 0 Å². The summed E-state index contributed by atoms with van der Waals surface area (Å²) < 4.78 is 38.0. The zero-order chi connectivity index (χ0) is 24.2. The molecule has 7 nitrogen and oxygen atoms in total. The van der Waals surface area contributed by atoms with Crippen LogP contribution < -0.4 is 9.47 Å².